The molecule has 0 aromatic rings. The second kappa shape index (κ2) is 49.8. The second-order valence-corrected chi connectivity index (χ2v) is 20.3. The molecule has 0 rings (SSSR count). The van der Waals surface area contributed by atoms with Gasteiger partial charge in [0.2, 0.25) is 0 Å². The molecule has 6 heteroatoms. The third-order valence-electron chi connectivity index (χ3n) is 13.3. The Morgan fingerprint density at radius 3 is 0.905 bits per heavy atom. The molecule has 0 spiro atoms. The molecule has 0 aliphatic rings. The fourth-order valence-corrected chi connectivity index (χ4v) is 8.66. The van der Waals surface area contributed by atoms with E-state index in [9.17, 15) is 14.4 Å². The number of ether oxygens (including phenoxy) is 3. The minimum atomic E-state index is -0.763. The van der Waals surface area contributed by atoms with Gasteiger partial charge in [0.25, 0.3) is 0 Å². The fourth-order valence-electron chi connectivity index (χ4n) is 8.66. The van der Waals surface area contributed by atoms with Gasteiger partial charge in [-0.15, -0.1) is 0 Å². The molecule has 0 aromatic heterocycles. The molecule has 0 aromatic carbocycles. The Kier molecular flexibility index (Phi) is 48.6. The molecule has 0 aliphatic carbocycles. The van der Waals surface area contributed by atoms with Gasteiger partial charge in [-0.25, -0.2) is 0 Å². The van der Waals surface area contributed by atoms with E-state index >= 15 is 0 Å². The molecule has 6 nitrogen and oxygen atoms in total. The van der Waals surface area contributed by atoms with Gasteiger partial charge in [-0.2, -0.15) is 0 Å². The average molecular weight is 892 g/mol. The van der Waals surface area contributed by atoms with Gasteiger partial charge in [-0.05, 0) is 31.1 Å². The van der Waals surface area contributed by atoms with Crippen molar-refractivity contribution in [3.05, 3.63) is 0 Å². The van der Waals surface area contributed by atoms with Crippen LogP contribution in [0.15, 0.2) is 0 Å². The molecule has 2 atom stereocenters. The number of rotatable bonds is 51. The molecule has 0 amide bonds. The first-order valence-corrected chi connectivity index (χ1v) is 28.3. The number of hydrogen-bond acceptors (Lipinski definition) is 6. The van der Waals surface area contributed by atoms with E-state index in [1.54, 1.807) is 0 Å². The lowest BCUT2D eigenvalue weighted by Gasteiger charge is -2.18. The van der Waals surface area contributed by atoms with Crippen molar-refractivity contribution in [3.63, 3.8) is 0 Å². The first kappa shape index (κ1) is 61.4. The maximum absolute atomic E-state index is 12.8. The predicted octanol–water partition coefficient (Wildman–Crippen LogP) is 18.5. The van der Waals surface area contributed by atoms with Crippen LogP contribution in [0.2, 0.25) is 0 Å². The second-order valence-electron chi connectivity index (χ2n) is 20.3. The molecule has 63 heavy (non-hydrogen) atoms. The average Bonchev–Trinajstić information content (AvgIpc) is 3.27. The highest BCUT2D eigenvalue weighted by molar-refractivity contribution is 5.71. The van der Waals surface area contributed by atoms with E-state index in [1.807, 2.05) is 0 Å². The third kappa shape index (κ3) is 49.7. The first-order chi connectivity index (χ1) is 30.8. The van der Waals surface area contributed by atoms with Gasteiger partial charge in [-0.1, -0.05) is 279 Å². The zero-order valence-corrected chi connectivity index (χ0v) is 43.2. The molecular weight excluding hydrogens is 781 g/mol. The van der Waals surface area contributed by atoms with Gasteiger partial charge in [0, 0.05) is 19.3 Å². The van der Waals surface area contributed by atoms with Crippen molar-refractivity contribution < 1.29 is 28.6 Å². The highest BCUT2D eigenvalue weighted by atomic mass is 16.6. The van der Waals surface area contributed by atoms with Gasteiger partial charge in [0.1, 0.15) is 13.2 Å². The predicted molar refractivity (Wildman–Crippen MR) is 270 cm³/mol. The Morgan fingerprint density at radius 1 is 0.333 bits per heavy atom. The van der Waals surface area contributed by atoms with Crippen molar-refractivity contribution in [2.24, 2.45) is 11.8 Å². The topological polar surface area (TPSA) is 78.9 Å². The van der Waals surface area contributed by atoms with E-state index in [2.05, 4.69) is 34.6 Å². The SMILES string of the molecule is CCCCCCCCCCCCCCCCCCCCCC(=O)O[C@@H](COC(=O)CCCCCCCCCCCCC(C)CC)COC(=O)CCCCCCCCCCCC(C)C. The van der Waals surface area contributed by atoms with Gasteiger partial charge in [-0.3, -0.25) is 14.4 Å². The smallest absolute Gasteiger partial charge is 0.306 e. The van der Waals surface area contributed by atoms with Crippen LogP contribution in [0, 0.1) is 11.8 Å². The number of carbonyl (C=O) groups excluding carboxylic acids is 3. The van der Waals surface area contributed by atoms with Crippen molar-refractivity contribution in [1.29, 1.82) is 0 Å². The van der Waals surface area contributed by atoms with Crippen LogP contribution in [0.4, 0.5) is 0 Å². The molecule has 0 saturated carbocycles. The highest BCUT2D eigenvalue weighted by Crippen LogP contribution is 2.18. The molecular formula is C57H110O6. The summed E-state index contributed by atoms with van der Waals surface area (Å²) in [6, 6.07) is 0. The first-order valence-electron chi connectivity index (χ1n) is 28.3. The van der Waals surface area contributed by atoms with Crippen molar-refractivity contribution in [2.75, 3.05) is 13.2 Å². The summed E-state index contributed by atoms with van der Waals surface area (Å²) in [6.07, 6.45) is 52.3. The molecule has 0 N–H and O–H groups in total. The lowest BCUT2D eigenvalue weighted by molar-refractivity contribution is -0.167. The molecule has 0 aliphatic heterocycles. The van der Waals surface area contributed by atoms with Crippen molar-refractivity contribution in [1.82, 2.24) is 0 Å². The van der Waals surface area contributed by atoms with Gasteiger partial charge < -0.3 is 14.2 Å². The molecule has 0 saturated heterocycles. The summed E-state index contributed by atoms with van der Waals surface area (Å²) < 4.78 is 16.9. The maximum atomic E-state index is 12.8. The fraction of sp³-hybridized carbons (Fsp3) is 0.947. The summed E-state index contributed by atoms with van der Waals surface area (Å²) in [5.41, 5.74) is 0. The van der Waals surface area contributed by atoms with E-state index in [0.717, 1.165) is 69.6 Å². The summed E-state index contributed by atoms with van der Waals surface area (Å²) in [6.45, 7) is 11.4. The lowest BCUT2D eigenvalue weighted by atomic mass is 9.99. The van der Waals surface area contributed by atoms with Crippen LogP contribution < -0.4 is 0 Å². The monoisotopic (exact) mass is 891 g/mol. The van der Waals surface area contributed by atoms with Gasteiger partial charge >= 0.3 is 17.9 Å². The minimum Gasteiger partial charge on any atom is -0.462 e. The molecule has 0 heterocycles. The standard InChI is InChI=1S/C57H110O6/c1-6-8-9-10-11-12-13-14-15-16-17-18-19-20-21-28-34-39-44-49-57(60)63-54(51-62-56(59)48-43-38-33-29-24-25-30-35-40-45-52(3)4)50-61-55(58)47-42-37-32-27-23-22-26-31-36-41-46-53(5)7-2/h52-54H,6-51H2,1-5H3/t53?,54-/m0/s1. The Bertz CT molecular complexity index is 964. The molecule has 0 bridgehead atoms. The van der Waals surface area contributed by atoms with E-state index in [4.69, 9.17) is 14.2 Å². The minimum absolute atomic E-state index is 0.0636. The number of esters is 3. The zero-order valence-electron chi connectivity index (χ0n) is 43.2. The lowest BCUT2D eigenvalue weighted by Crippen LogP contribution is -2.30. The summed E-state index contributed by atoms with van der Waals surface area (Å²) >= 11 is 0. The Labute approximate surface area is 393 Å². The molecule has 0 fully saturated rings. The van der Waals surface area contributed by atoms with Gasteiger partial charge in [0.15, 0.2) is 6.10 Å². The van der Waals surface area contributed by atoms with E-state index in [0.29, 0.717) is 19.3 Å². The maximum Gasteiger partial charge on any atom is 0.306 e. The zero-order chi connectivity index (χ0) is 46.1. The van der Waals surface area contributed by atoms with E-state index in [1.165, 1.54) is 205 Å². The highest BCUT2D eigenvalue weighted by Gasteiger charge is 2.19. The van der Waals surface area contributed by atoms with Crippen molar-refractivity contribution in [3.8, 4) is 0 Å². The van der Waals surface area contributed by atoms with Crippen LogP contribution in [0.3, 0.4) is 0 Å². The Hall–Kier alpha value is -1.59. The number of carbonyl (C=O) groups is 3. The summed E-state index contributed by atoms with van der Waals surface area (Å²) in [5, 5.41) is 0. The summed E-state index contributed by atoms with van der Waals surface area (Å²) in [5.74, 6) is 0.834. The normalized spacial score (nSPS) is 12.5. The number of unbranched alkanes of at least 4 members (excludes halogenated alkanes) is 35. The molecule has 1 unspecified atom stereocenters. The van der Waals surface area contributed by atoms with E-state index < -0.39 is 6.10 Å². The van der Waals surface area contributed by atoms with Crippen molar-refractivity contribution >= 4 is 17.9 Å². The Morgan fingerprint density at radius 2 is 0.603 bits per heavy atom. The summed E-state index contributed by atoms with van der Waals surface area (Å²) in [7, 11) is 0. The van der Waals surface area contributed by atoms with Crippen molar-refractivity contribution in [2.45, 2.75) is 323 Å². The number of hydrogen-bond donors (Lipinski definition) is 0. The van der Waals surface area contributed by atoms with Crippen LogP contribution in [-0.2, 0) is 28.6 Å². The van der Waals surface area contributed by atoms with Gasteiger partial charge in [0.05, 0.1) is 0 Å². The summed E-state index contributed by atoms with van der Waals surface area (Å²) in [4.78, 5) is 38.1. The third-order valence-corrected chi connectivity index (χ3v) is 13.3. The van der Waals surface area contributed by atoms with Crippen LogP contribution in [0.5, 0.6) is 0 Å². The van der Waals surface area contributed by atoms with E-state index in [-0.39, 0.29) is 31.1 Å². The molecule has 374 valence electrons. The van der Waals surface area contributed by atoms with Crippen LogP contribution in [0.1, 0.15) is 317 Å². The van der Waals surface area contributed by atoms with Crippen LogP contribution in [0.25, 0.3) is 0 Å². The molecule has 0 radical (unpaired) electrons. The Balaban J connectivity index is 4.28. The quantitative estimate of drug-likeness (QED) is 0.0344. The van der Waals surface area contributed by atoms with Crippen LogP contribution >= 0.6 is 0 Å². The van der Waals surface area contributed by atoms with Crippen LogP contribution in [-0.4, -0.2) is 37.2 Å². The largest absolute Gasteiger partial charge is 0.462 e.